The van der Waals surface area contributed by atoms with E-state index < -0.39 is 0 Å². The van der Waals surface area contributed by atoms with Crippen LogP contribution in [0.5, 0.6) is 0 Å². The minimum absolute atomic E-state index is 1.13. The maximum absolute atomic E-state index is 2.42. The van der Waals surface area contributed by atoms with Crippen molar-refractivity contribution in [2.45, 2.75) is 0 Å². The van der Waals surface area contributed by atoms with Crippen molar-refractivity contribution >= 4 is 49.6 Å². The summed E-state index contributed by atoms with van der Waals surface area (Å²) in [5, 5.41) is 5.04. The van der Waals surface area contributed by atoms with E-state index in [1.165, 1.54) is 32.6 Å². The van der Waals surface area contributed by atoms with Gasteiger partial charge in [-0.2, -0.15) is 0 Å². The number of hydrogen-bond acceptors (Lipinski definition) is 1. The summed E-state index contributed by atoms with van der Waals surface area (Å²) in [5.74, 6) is 0. The van der Waals surface area contributed by atoms with Crippen LogP contribution in [0.4, 0.5) is 17.1 Å². The third-order valence-electron chi connectivity index (χ3n) is 6.94. The molecule has 7 rings (SSSR count). The van der Waals surface area contributed by atoms with Gasteiger partial charge in [0, 0.05) is 38.9 Å². The van der Waals surface area contributed by atoms with Gasteiger partial charge in [-0.15, -0.1) is 0 Å². The molecule has 1 heterocycles. The molecule has 0 saturated carbocycles. The second-order valence-electron chi connectivity index (χ2n) is 9.06. The molecule has 0 bridgehead atoms. The van der Waals surface area contributed by atoms with Crippen LogP contribution < -0.4 is 4.90 Å². The van der Waals surface area contributed by atoms with E-state index in [-0.39, 0.29) is 0 Å². The highest BCUT2D eigenvalue weighted by atomic mass is 15.1. The first-order valence-corrected chi connectivity index (χ1v) is 12.3. The number of hydrogen-bond donors (Lipinski definition) is 0. The Bertz CT molecular complexity index is 1780. The minimum Gasteiger partial charge on any atom is -0.310 e. The molecule has 0 aliphatic carbocycles. The Balaban J connectivity index is 1.58. The van der Waals surface area contributed by atoms with Gasteiger partial charge in [0.25, 0.3) is 0 Å². The molecule has 0 spiro atoms. The average molecular weight is 461 g/mol. The SMILES string of the molecule is c1ccc(N(c2ccccc2)c2ccc3c4ccc5ccccc5c4n(-c4ccccc4)c3c2)cc1. The van der Waals surface area contributed by atoms with Gasteiger partial charge in [-0.25, -0.2) is 0 Å². The molecule has 0 aliphatic heterocycles. The molecule has 0 N–H and O–H groups in total. The third kappa shape index (κ3) is 3.27. The molecular formula is C34H24N2. The highest BCUT2D eigenvalue weighted by Gasteiger charge is 2.18. The fourth-order valence-corrected chi connectivity index (χ4v) is 5.35. The van der Waals surface area contributed by atoms with Crippen molar-refractivity contribution in [3.05, 3.63) is 146 Å². The first kappa shape index (κ1) is 20.5. The van der Waals surface area contributed by atoms with Crippen LogP contribution in [0.2, 0.25) is 0 Å². The molecule has 7 aromatic rings. The number of aromatic nitrogens is 1. The van der Waals surface area contributed by atoms with E-state index in [2.05, 4.69) is 155 Å². The molecule has 0 radical (unpaired) electrons. The third-order valence-corrected chi connectivity index (χ3v) is 6.94. The van der Waals surface area contributed by atoms with Crippen LogP contribution in [-0.4, -0.2) is 4.57 Å². The van der Waals surface area contributed by atoms with Gasteiger partial charge >= 0.3 is 0 Å². The van der Waals surface area contributed by atoms with Gasteiger partial charge in [0.05, 0.1) is 11.0 Å². The predicted octanol–water partition coefficient (Wildman–Crippen LogP) is 9.41. The van der Waals surface area contributed by atoms with E-state index in [4.69, 9.17) is 0 Å². The fourth-order valence-electron chi connectivity index (χ4n) is 5.35. The van der Waals surface area contributed by atoms with E-state index in [0.717, 1.165) is 22.7 Å². The smallest absolute Gasteiger partial charge is 0.0619 e. The molecule has 36 heavy (non-hydrogen) atoms. The lowest BCUT2D eigenvalue weighted by molar-refractivity contribution is 1.18. The topological polar surface area (TPSA) is 8.17 Å². The molecule has 1 aromatic heterocycles. The van der Waals surface area contributed by atoms with Crippen LogP contribution in [0, 0.1) is 0 Å². The van der Waals surface area contributed by atoms with E-state index in [0.29, 0.717) is 0 Å². The van der Waals surface area contributed by atoms with E-state index in [9.17, 15) is 0 Å². The molecule has 0 unspecified atom stereocenters. The molecule has 0 fully saturated rings. The van der Waals surface area contributed by atoms with Crippen LogP contribution in [0.1, 0.15) is 0 Å². The van der Waals surface area contributed by atoms with Crippen molar-refractivity contribution in [3.8, 4) is 5.69 Å². The van der Waals surface area contributed by atoms with Crippen molar-refractivity contribution in [2.75, 3.05) is 4.90 Å². The molecular weight excluding hydrogens is 436 g/mol. The quantitative estimate of drug-likeness (QED) is 0.254. The Morgan fingerprint density at radius 2 is 1.00 bits per heavy atom. The molecule has 170 valence electrons. The number of fused-ring (bicyclic) bond motifs is 5. The summed E-state index contributed by atoms with van der Waals surface area (Å²) in [7, 11) is 0. The Morgan fingerprint density at radius 1 is 0.417 bits per heavy atom. The van der Waals surface area contributed by atoms with Gasteiger partial charge in [-0.3, -0.25) is 0 Å². The molecule has 2 nitrogen and oxygen atoms in total. The average Bonchev–Trinajstić information content (AvgIpc) is 3.29. The van der Waals surface area contributed by atoms with Crippen LogP contribution in [0.15, 0.2) is 146 Å². The highest BCUT2D eigenvalue weighted by Crippen LogP contribution is 2.41. The van der Waals surface area contributed by atoms with Crippen LogP contribution >= 0.6 is 0 Å². The van der Waals surface area contributed by atoms with Gasteiger partial charge < -0.3 is 9.47 Å². The van der Waals surface area contributed by atoms with Crippen molar-refractivity contribution in [2.24, 2.45) is 0 Å². The first-order valence-electron chi connectivity index (χ1n) is 12.3. The lowest BCUT2D eigenvalue weighted by Crippen LogP contribution is -2.09. The summed E-state index contributed by atoms with van der Waals surface area (Å²) in [6.45, 7) is 0. The summed E-state index contributed by atoms with van der Waals surface area (Å²) >= 11 is 0. The van der Waals surface area contributed by atoms with E-state index in [1.54, 1.807) is 0 Å². The Labute approximate surface area is 210 Å². The number of anilines is 3. The summed E-state index contributed by atoms with van der Waals surface area (Å²) in [5.41, 5.74) is 7.01. The van der Waals surface area contributed by atoms with Gasteiger partial charge in [0.15, 0.2) is 0 Å². The number of benzene rings is 6. The van der Waals surface area contributed by atoms with Crippen LogP contribution in [-0.2, 0) is 0 Å². The number of rotatable bonds is 4. The largest absolute Gasteiger partial charge is 0.310 e. The highest BCUT2D eigenvalue weighted by molar-refractivity contribution is 6.19. The lowest BCUT2D eigenvalue weighted by atomic mass is 10.1. The van der Waals surface area contributed by atoms with Gasteiger partial charge in [0.1, 0.15) is 0 Å². The fraction of sp³-hybridized carbons (Fsp3) is 0. The second-order valence-corrected chi connectivity index (χ2v) is 9.06. The molecule has 6 aromatic carbocycles. The molecule has 2 heteroatoms. The second kappa shape index (κ2) is 8.44. The first-order chi connectivity index (χ1) is 17.9. The normalized spacial score (nSPS) is 11.3. The zero-order chi connectivity index (χ0) is 23.9. The van der Waals surface area contributed by atoms with Gasteiger partial charge in [-0.05, 0) is 53.9 Å². The van der Waals surface area contributed by atoms with Gasteiger partial charge in [-0.1, -0.05) is 97.1 Å². The van der Waals surface area contributed by atoms with Crippen LogP contribution in [0.3, 0.4) is 0 Å². The molecule has 0 atom stereocenters. The Hall–Kier alpha value is -4.82. The Morgan fingerprint density at radius 3 is 1.69 bits per heavy atom. The van der Waals surface area contributed by atoms with Gasteiger partial charge in [0.2, 0.25) is 0 Å². The summed E-state index contributed by atoms with van der Waals surface area (Å²) < 4.78 is 2.42. The monoisotopic (exact) mass is 460 g/mol. The molecule has 0 amide bonds. The van der Waals surface area contributed by atoms with Crippen LogP contribution in [0.25, 0.3) is 38.3 Å². The summed E-state index contributed by atoms with van der Waals surface area (Å²) in [6, 6.07) is 51.9. The number of nitrogens with zero attached hydrogens (tertiary/aromatic N) is 2. The number of para-hydroxylation sites is 3. The molecule has 0 saturated heterocycles. The minimum atomic E-state index is 1.13. The summed E-state index contributed by atoms with van der Waals surface area (Å²) in [4.78, 5) is 2.32. The van der Waals surface area contributed by atoms with Crippen molar-refractivity contribution in [3.63, 3.8) is 0 Å². The molecule has 0 aliphatic rings. The van der Waals surface area contributed by atoms with E-state index >= 15 is 0 Å². The standard InChI is InChI=1S/C34H24N2/c1-4-13-26(14-5-1)35(27-15-6-2-7-16-27)29-21-23-31-32-22-20-25-12-10-11-19-30(25)34(32)36(33(31)24-29)28-17-8-3-9-18-28/h1-24H. The Kier molecular flexibility index (Phi) is 4.82. The lowest BCUT2D eigenvalue weighted by Gasteiger charge is -2.25. The van der Waals surface area contributed by atoms with Crippen molar-refractivity contribution in [1.82, 2.24) is 4.57 Å². The predicted molar refractivity (Wildman–Crippen MR) is 153 cm³/mol. The summed E-state index contributed by atoms with van der Waals surface area (Å²) in [6.07, 6.45) is 0. The maximum atomic E-state index is 2.42. The van der Waals surface area contributed by atoms with Crippen molar-refractivity contribution in [1.29, 1.82) is 0 Å². The zero-order valence-electron chi connectivity index (χ0n) is 19.8. The van der Waals surface area contributed by atoms with E-state index in [1.807, 2.05) is 0 Å². The maximum Gasteiger partial charge on any atom is 0.0619 e. The van der Waals surface area contributed by atoms with Crippen molar-refractivity contribution < 1.29 is 0 Å². The zero-order valence-corrected chi connectivity index (χ0v) is 19.8.